The van der Waals surface area contributed by atoms with E-state index in [1.807, 2.05) is 6.92 Å². The Kier molecular flexibility index (Phi) is 3.71. The van der Waals surface area contributed by atoms with E-state index in [1.54, 1.807) is 0 Å². The van der Waals surface area contributed by atoms with E-state index in [0.29, 0.717) is 12.0 Å². The van der Waals surface area contributed by atoms with Crippen LogP contribution in [0.2, 0.25) is 0 Å². The zero-order chi connectivity index (χ0) is 13.3. The lowest BCUT2D eigenvalue weighted by molar-refractivity contribution is -0.122. The number of carbonyl (C=O) groups excluding carboxylic acids is 1. The first-order chi connectivity index (χ1) is 8.50. The summed E-state index contributed by atoms with van der Waals surface area (Å²) in [4.78, 5) is 13.5. The number of likely N-dealkylation sites (tertiary alicyclic amines) is 1. The largest absolute Gasteiger partial charge is 0.368 e. The van der Waals surface area contributed by atoms with Crippen LogP contribution >= 0.6 is 0 Å². The SMILES string of the molecule is Cc1ccccc1[C@@H]1C[C@@H](C)N([C@@H](C)C(N)=O)C1. The van der Waals surface area contributed by atoms with Gasteiger partial charge in [0.25, 0.3) is 0 Å². The molecule has 2 N–H and O–H groups in total. The monoisotopic (exact) mass is 246 g/mol. The minimum atomic E-state index is -0.229. The van der Waals surface area contributed by atoms with Gasteiger partial charge >= 0.3 is 0 Å². The first kappa shape index (κ1) is 13.1. The predicted octanol–water partition coefficient (Wildman–Crippen LogP) is 2.05. The Labute approximate surface area is 109 Å². The molecule has 0 bridgehead atoms. The number of hydrogen-bond acceptors (Lipinski definition) is 2. The van der Waals surface area contributed by atoms with Crippen molar-refractivity contribution in [2.24, 2.45) is 5.73 Å². The first-order valence-corrected chi connectivity index (χ1v) is 6.61. The molecule has 1 heterocycles. The molecular formula is C15H22N2O. The Hall–Kier alpha value is -1.35. The summed E-state index contributed by atoms with van der Waals surface area (Å²) in [6, 6.07) is 8.76. The van der Waals surface area contributed by atoms with Gasteiger partial charge in [0.2, 0.25) is 5.91 Å². The van der Waals surface area contributed by atoms with Gasteiger partial charge in [0, 0.05) is 12.6 Å². The van der Waals surface area contributed by atoms with Crippen molar-refractivity contribution in [1.82, 2.24) is 4.90 Å². The molecule has 1 aliphatic heterocycles. The molecule has 1 fully saturated rings. The molecule has 3 heteroatoms. The van der Waals surface area contributed by atoms with Crippen LogP contribution in [-0.4, -0.2) is 29.4 Å². The zero-order valence-corrected chi connectivity index (χ0v) is 11.4. The van der Waals surface area contributed by atoms with Crippen molar-refractivity contribution in [2.75, 3.05) is 6.54 Å². The smallest absolute Gasteiger partial charge is 0.234 e. The Morgan fingerprint density at radius 3 is 2.72 bits per heavy atom. The molecule has 1 aliphatic rings. The fourth-order valence-electron chi connectivity index (χ4n) is 3.03. The number of hydrogen-bond donors (Lipinski definition) is 1. The summed E-state index contributed by atoms with van der Waals surface area (Å²) in [7, 11) is 0. The average Bonchev–Trinajstić information content (AvgIpc) is 2.70. The van der Waals surface area contributed by atoms with Crippen LogP contribution in [0.5, 0.6) is 0 Å². The zero-order valence-electron chi connectivity index (χ0n) is 11.4. The lowest BCUT2D eigenvalue weighted by Crippen LogP contribution is -2.44. The standard InChI is InChI=1S/C15H22N2O/c1-10-6-4-5-7-14(10)13-8-11(2)17(9-13)12(3)15(16)18/h4-7,11-13H,8-9H2,1-3H3,(H2,16,18)/t11-,12+,13-/m1/s1. The second kappa shape index (κ2) is 5.11. The maximum atomic E-state index is 11.3. The van der Waals surface area contributed by atoms with Crippen LogP contribution in [-0.2, 0) is 4.79 Å². The van der Waals surface area contributed by atoms with Crippen molar-refractivity contribution < 1.29 is 4.79 Å². The molecule has 1 aromatic rings. The molecule has 0 radical (unpaired) electrons. The van der Waals surface area contributed by atoms with Crippen LogP contribution in [0, 0.1) is 6.92 Å². The normalized spacial score (nSPS) is 26.2. The van der Waals surface area contributed by atoms with Crippen molar-refractivity contribution in [3.05, 3.63) is 35.4 Å². The van der Waals surface area contributed by atoms with E-state index in [2.05, 4.69) is 43.0 Å². The van der Waals surface area contributed by atoms with Gasteiger partial charge in [-0.05, 0) is 44.2 Å². The van der Waals surface area contributed by atoms with Crippen molar-refractivity contribution in [2.45, 2.75) is 45.2 Å². The van der Waals surface area contributed by atoms with E-state index < -0.39 is 0 Å². The third kappa shape index (κ3) is 2.41. The van der Waals surface area contributed by atoms with Gasteiger partial charge in [-0.2, -0.15) is 0 Å². The van der Waals surface area contributed by atoms with Gasteiger partial charge < -0.3 is 5.73 Å². The van der Waals surface area contributed by atoms with Crippen molar-refractivity contribution >= 4 is 5.91 Å². The van der Waals surface area contributed by atoms with E-state index in [1.165, 1.54) is 11.1 Å². The first-order valence-electron chi connectivity index (χ1n) is 6.61. The van der Waals surface area contributed by atoms with Crippen LogP contribution < -0.4 is 5.73 Å². The summed E-state index contributed by atoms with van der Waals surface area (Å²) in [6.45, 7) is 7.16. The number of nitrogens with two attached hydrogens (primary N) is 1. The second-order valence-corrected chi connectivity index (χ2v) is 5.41. The predicted molar refractivity (Wildman–Crippen MR) is 73.4 cm³/mol. The number of benzene rings is 1. The number of nitrogens with zero attached hydrogens (tertiary/aromatic N) is 1. The number of amides is 1. The number of primary amides is 1. The molecule has 3 atom stereocenters. The van der Waals surface area contributed by atoms with Gasteiger partial charge in [0.1, 0.15) is 0 Å². The quantitative estimate of drug-likeness (QED) is 0.887. The Morgan fingerprint density at radius 2 is 2.11 bits per heavy atom. The van der Waals surface area contributed by atoms with E-state index in [0.717, 1.165) is 13.0 Å². The van der Waals surface area contributed by atoms with Gasteiger partial charge in [-0.15, -0.1) is 0 Å². The van der Waals surface area contributed by atoms with Crippen LogP contribution in [0.25, 0.3) is 0 Å². The number of aryl methyl sites for hydroxylation is 1. The van der Waals surface area contributed by atoms with Gasteiger partial charge in [-0.25, -0.2) is 0 Å². The fourth-order valence-corrected chi connectivity index (χ4v) is 3.03. The van der Waals surface area contributed by atoms with Crippen LogP contribution in [0.1, 0.15) is 37.3 Å². The highest BCUT2D eigenvalue weighted by Crippen LogP contribution is 2.34. The van der Waals surface area contributed by atoms with Gasteiger partial charge in [-0.1, -0.05) is 24.3 Å². The van der Waals surface area contributed by atoms with Gasteiger partial charge in [0.05, 0.1) is 6.04 Å². The van der Waals surface area contributed by atoms with Crippen molar-refractivity contribution in [3.8, 4) is 0 Å². The molecule has 3 nitrogen and oxygen atoms in total. The molecule has 2 rings (SSSR count). The van der Waals surface area contributed by atoms with E-state index in [-0.39, 0.29) is 11.9 Å². The molecule has 1 aromatic carbocycles. The molecule has 18 heavy (non-hydrogen) atoms. The molecule has 1 amide bonds. The van der Waals surface area contributed by atoms with E-state index in [4.69, 9.17) is 5.73 Å². The number of carbonyl (C=O) groups is 1. The lowest BCUT2D eigenvalue weighted by atomic mass is 9.93. The lowest BCUT2D eigenvalue weighted by Gasteiger charge is -2.26. The molecule has 1 saturated heterocycles. The maximum absolute atomic E-state index is 11.3. The summed E-state index contributed by atoms with van der Waals surface area (Å²) >= 11 is 0. The molecule has 98 valence electrons. The fraction of sp³-hybridized carbons (Fsp3) is 0.533. The van der Waals surface area contributed by atoms with Gasteiger partial charge in [-0.3, -0.25) is 9.69 Å². The van der Waals surface area contributed by atoms with Crippen molar-refractivity contribution in [1.29, 1.82) is 0 Å². The third-order valence-electron chi connectivity index (χ3n) is 4.16. The highest BCUT2D eigenvalue weighted by atomic mass is 16.1. The molecule has 0 saturated carbocycles. The third-order valence-corrected chi connectivity index (χ3v) is 4.16. The molecular weight excluding hydrogens is 224 g/mol. The average molecular weight is 246 g/mol. The molecule has 0 aromatic heterocycles. The van der Waals surface area contributed by atoms with Crippen LogP contribution in [0.15, 0.2) is 24.3 Å². The van der Waals surface area contributed by atoms with E-state index in [9.17, 15) is 4.79 Å². The Bertz CT molecular complexity index is 444. The van der Waals surface area contributed by atoms with Crippen LogP contribution in [0.3, 0.4) is 0 Å². The Balaban J connectivity index is 2.16. The highest BCUT2D eigenvalue weighted by molar-refractivity contribution is 5.79. The summed E-state index contributed by atoms with van der Waals surface area (Å²) < 4.78 is 0. The second-order valence-electron chi connectivity index (χ2n) is 5.41. The highest BCUT2D eigenvalue weighted by Gasteiger charge is 2.35. The number of rotatable bonds is 3. The molecule has 0 aliphatic carbocycles. The molecule has 0 spiro atoms. The minimum Gasteiger partial charge on any atom is -0.368 e. The summed E-state index contributed by atoms with van der Waals surface area (Å²) in [6.07, 6.45) is 1.10. The van der Waals surface area contributed by atoms with Crippen LogP contribution in [0.4, 0.5) is 0 Å². The summed E-state index contributed by atoms with van der Waals surface area (Å²) in [5.74, 6) is 0.287. The van der Waals surface area contributed by atoms with E-state index >= 15 is 0 Å². The minimum absolute atomic E-state index is 0.172. The topological polar surface area (TPSA) is 46.3 Å². The molecule has 0 unspecified atom stereocenters. The maximum Gasteiger partial charge on any atom is 0.234 e. The Morgan fingerprint density at radius 1 is 1.44 bits per heavy atom. The summed E-state index contributed by atoms with van der Waals surface area (Å²) in [5, 5.41) is 0. The van der Waals surface area contributed by atoms with Gasteiger partial charge in [0.15, 0.2) is 0 Å². The summed E-state index contributed by atoms with van der Waals surface area (Å²) in [5.41, 5.74) is 8.15. The van der Waals surface area contributed by atoms with Crippen molar-refractivity contribution in [3.63, 3.8) is 0 Å².